The van der Waals surface area contributed by atoms with Crippen molar-refractivity contribution in [2.75, 3.05) is 36.5 Å². The van der Waals surface area contributed by atoms with Gasteiger partial charge in [-0.2, -0.15) is 18.3 Å². The Morgan fingerprint density at radius 2 is 2.07 bits per heavy atom. The number of halogens is 3. The summed E-state index contributed by atoms with van der Waals surface area (Å²) in [7, 11) is 0. The zero-order chi connectivity index (χ0) is 20.6. The van der Waals surface area contributed by atoms with Crippen molar-refractivity contribution in [3.05, 3.63) is 18.2 Å². The monoisotopic (exact) mass is 411 g/mol. The normalized spacial score (nSPS) is 19.9. The highest BCUT2D eigenvalue weighted by atomic mass is 19.4. The van der Waals surface area contributed by atoms with Crippen LogP contribution in [0.4, 0.5) is 24.7 Å². The molecule has 156 valence electrons. The van der Waals surface area contributed by atoms with Gasteiger partial charge in [0.25, 0.3) is 5.91 Å². The predicted octanol–water partition coefficient (Wildman–Crippen LogP) is 2.54. The molecule has 1 amide bonds. The second-order valence-electron chi connectivity index (χ2n) is 7.01. The number of oxime groups is 1. The van der Waals surface area contributed by atoms with E-state index in [1.54, 1.807) is 19.1 Å². The number of benzene rings is 1. The van der Waals surface area contributed by atoms with Gasteiger partial charge in [0.2, 0.25) is 6.10 Å². The molecule has 2 aliphatic heterocycles. The van der Waals surface area contributed by atoms with Crippen LogP contribution in [0.25, 0.3) is 10.9 Å². The summed E-state index contributed by atoms with van der Waals surface area (Å²) in [6.07, 6.45) is -4.95. The number of carbonyl (C=O) groups excluding carboxylic acids is 1. The molecule has 11 heteroatoms. The van der Waals surface area contributed by atoms with Crippen molar-refractivity contribution in [1.29, 1.82) is 0 Å². The first kappa shape index (κ1) is 19.5. The first-order chi connectivity index (χ1) is 13.8. The highest BCUT2D eigenvalue weighted by Gasteiger charge is 2.32. The van der Waals surface area contributed by atoms with E-state index < -0.39 is 24.7 Å². The molecule has 0 saturated carbocycles. The fraction of sp³-hybridized carbons (Fsp3) is 0.500. The van der Waals surface area contributed by atoms with Gasteiger partial charge in [-0.1, -0.05) is 11.2 Å². The van der Waals surface area contributed by atoms with Crippen molar-refractivity contribution < 1.29 is 27.5 Å². The number of ether oxygens (including phenoxy) is 1. The molecule has 1 N–H and O–H groups in total. The number of nitrogens with one attached hydrogen (secondary N) is 1. The maximum Gasteiger partial charge on any atom is 0.408 e. The maximum atomic E-state index is 13.1. The molecule has 4 rings (SSSR count). The molecule has 1 aromatic heterocycles. The Morgan fingerprint density at radius 3 is 2.72 bits per heavy atom. The van der Waals surface area contributed by atoms with Gasteiger partial charge in [-0.25, -0.2) is 0 Å². The second kappa shape index (κ2) is 7.54. The summed E-state index contributed by atoms with van der Waals surface area (Å²) in [5.41, 5.74) is 1.67. The van der Waals surface area contributed by atoms with E-state index in [-0.39, 0.29) is 5.82 Å². The molecule has 1 atom stereocenters. The van der Waals surface area contributed by atoms with E-state index >= 15 is 0 Å². The van der Waals surface area contributed by atoms with Gasteiger partial charge in [-0.3, -0.25) is 9.48 Å². The average molecular weight is 411 g/mol. The van der Waals surface area contributed by atoms with Crippen LogP contribution in [0.5, 0.6) is 0 Å². The van der Waals surface area contributed by atoms with Crippen LogP contribution >= 0.6 is 0 Å². The van der Waals surface area contributed by atoms with Crippen LogP contribution < -0.4 is 10.2 Å². The molecule has 2 aliphatic rings. The van der Waals surface area contributed by atoms with Crippen molar-refractivity contribution in [3.63, 3.8) is 0 Å². The summed E-state index contributed by atoms with van der Waals surface area (Å²) < 4.78 is 45.5. The lowest BCUT2D eigenvalue weighted by Crippen LogP contribution is -2.36. The number of hydrogen-bond donors (Lipinski definition) is 1. The third-order valence-corrected chi connectivity index (χ3v) is 4.79. The summed E-state index contributed by atoms with van der Waals surface area (Å²) >= 11 is 0. The standard InChI is InChI=1S/C18H20F3N5O3/c1-11-9-14(29-24-11)17(27)22-16-15-12(25-5-7-28-8-6-25)3-2-4-13(15)26(23-16)10-18(19,20)21/h2-4,14H,5-10H2,1H3,(H,22,23,27)/t14-/m0/s1. The highest BCUT2D eigenvalue weighted by molar-refractivity contribution is 6.08. The minimum atomic E-state index is -4.45. The minimum absolute atomic E-state index is 0.0736. The number of hydrogen-bond acceptors (Lipinski definition) is 6. The Morgan fingerprint density at radius 1 is 1.31 bits per heavy atom. The van der Waals surface area contributed by atoms with Crippen LogP contribution in [0, 0.1) is 0 Å². The van der Waals surface area contributed by atoms with Crippen LogP contribution in [-0.4, -0.2) is 60.0 Å². The number of aromatic nitrogens is 2. The third-order valence-electron chi connectivity index (χ3n) is 4.79. The summed E-state index contributed by atoms with van der Waals surface area (Å²) in [5, 5.41) is 10.9. The number of morpholine rings is 1. The fourth-order valence-electron chi connectivity index (χ4n) is 3.49. The van der Waals surface area contributed by atoms with E-state index in [0.717, 1.165) is 4.68 Å². The van der Waals surface area contributed by atoms with Crippen molar-refractivity contribution in [2.24, 2.45) is 5.16 Å². The van der Waals surface area contributed by atoms with Crippen molar-refractivity contribution in [1.82, 2.24) is 9.78 Å². The number of anilines is 2. The summed E-state index contributed by atoms with van der Waals surface area (Å²) in [4.78, 5) is 19.7. The van der Waals surface area contributed by atoms with Gasteiger partial charge in [0.15, 0.2) is 5.82 Å². The molecule has 0 spiro atoms. The molecule has 0 radical (unpaired) electrons. The summed E-state index contributed by atoms with van der Waals surface area (Å²) in [6.45, 7) is 2.69. The van der Waals surface area contributed by atoms with Crippen LogP contribution in [0.1, 0.15) is 13.3 Å². The molecule has 1 fully saturated rings. The lowest BCUT2D eigenvalue weighted by atomic mass is 10.1. The van der Waals surface area contributed by atoms with Crippen molar-refractivity contribution in [2.45, 2.75) is 32.2 Å². The van der Waals surface area contributed by atoms with E-state index in [9.17, 15) is 18.0 Å². The first-order valence-electron chi connectivity index (χ1n) is 9.21. The SMILES string of the molecule is CC1=NO[C@H](C(=O)Nc2nn(CC(F)(F)F)c3cccc(N4CCOCC4)c23)C1. The molecular formula is C18H20F3N5O3. The Labute approximate surface area is 164 Å². The highest BCUT2D eigenvalue weighted by Crippen LogP contribution is 2.35. The second-order valence-corrected chi connectivity index (χ2v) is 7.01. The van der Waals surface area contributed by atoms with Crippen LogP contribution in [-0.2, 0) is 20.9 Å². The molecule has 0 bridgehead atoms. The molecule has 0 aliphatic carbocycles. The van der Waals surface area contributed by atoms with E-state index in [0.29, 0.717) is 55.0 Å². The van der Waals surface area contributed by atoms with E-state index in [2.05, 4.69) is 15.6 Å². The Bertz CT molecular complexity index is 950. The summed E-state index contributed by atoms with van der Waals surface area (Å²) in [6, 6.07) is 5.06. The molecule has 3 heterocycles. The Balaban J connectivity index is 1.73. The quantitative estimate of drug-likeness (QED) is 0.836. The first-order valence-corrected chi connectivity index (χ1v) is 9.21. The Kier molecular flexibility index (Phi) is 5.07. The minimum Gasteiger partial charge on any atom is -0.382 e. The molecule has 2 aromatic rings. The largest absolute Gasteiger partial charge is 0.408 e. The van der Waals surface area contributed by atoms with Gasteiger partial charge in [-0.15, -0.1) is 0 Å². The molecular weight excluding hydrogens is 391 g/mol. The van der Waals surface area contributed by atoms with Crippen LogP contribution in [0.15, 0.2) is 23.4 Å². The van der Waals surface area contributed by atoms with E-state index in [1.807, 2.05) is 11.0 Å². The van der Waals surface area contributed by atoms with Crippen LogP contribution in [0.3, 0.4) is 0 Å². The lowest BCUT2D eigenvalue weighted by Gasteiger charge is -2.29. The van der Waals surface area contributed by atoms with Crippen LogP contribution in [0.2, 0.25) is 0 Å². The molecule has 0 unspecified atom stereocenters. The van der Waals surface area contributed by atoms with Gasteiger partial charge < -0.3 is 19.8 Å². The van der Waals surface area contributed by atoms with Gasteiger partial charge in [-0.05, 0) is 19.1 Å². The third kappa shape index (κ3) is 4.14. The number of alkyl halides is 3. The topological polar surface area (TPSA) is 81.0 Å². The Hall–Kier alpha value is -2.82. The molecule has 8 nitrogen and oxygen atoms in total. The van der Waals surface area contributed by atoms with E-state index in [4.69, 9.17) is 9.57 Å². The lowest BCUT2D eigenvalue weighted by molar-refractivity contribution is -0.141. The van der Waals surface area contributed by atoms with E-state index in [1.165, 1.54) is 0 Å². The van der Waals surface area contributed by atoms with Gasteiger partial charge in [0.1, 0.15) is 6.54 Å². The predicted molar refractivity (Wildman–Crippen MR) is 100 cm³/mol. The van der Waals surface area contributed by atoms with Crippen molar-refractivity contribution >= 4 is 34.0 Å². The number of fused-ring (bicyclic) bond motifs is 1. The number of amides is 1. The zero-order valence-electron chi connectivity index (χ0n) is 15.7. The van der Waals surface area contributed by atoms with Gasteiger partial charge >= 0.3 is 6.18 Å². The molecule has 1 saturated heterocycles. The summed E-state index contributed by atoms with van der Waals surface area (Å²) in [5.74, 6) is -0.426. The fourth-order valence-corrected chi connectivity index (χ4v) is 3.49. The number of rotatable bonds is 4. The number of nitrogens with zero attached hydrogens (tertiary/aromatic N) is 4. The van der Waals surface area contributed by atoms with Crippen molar-refractivity contribution in [3.8, 4) is 0 Å². The number of carbonyl (C=O) groups is 1. The maximum absolute atomic E-state index is 13.1. The average Bonchev–Trinajstić information content (AvgIpc) is 3.25. The zero-order valence-corrected chi connectivity index (χ0v) is 15.7. The van der Waals surface area contributed by atoms with Gasteiger partial charge in [0.05, 0.1) is 35.5 Å². The smallest absolute Gasteiger partial charge is 0.382 e. The van der Waals surface area contributed by atoms with Gasteiger partial charge in [0, 0.05) is 19.5 Å². The molecule has 1 aromatic carbocycles. The molecule has 29 heavy (non-hydrogen) atoms.